The third-order valence-corrected chi connectivity index (χ3v) is 9.46. The molecule has 0 bridgehead atoms. The number of furan rings is 2. The van der Waals surface area contributed by atoms with Crippen LogP contribution in [0.1, 0.15) is 0 Å². The second kappa shape index (κ2) is 9.69. The maximum Gasteiger partial charge on any atom is 0.146 e. The molecule has 0 spiro atoms. The molecule has 2 aromatic heterocycles. The second-order valence-electron chi connectivity index (χ2n) is 12.0. The molecular formula is C44H26O2. The van der Waals surface area contributed by atoms with E-state index in [2.05, 4.69) is 140 Å². The molecule has 0 saturated heterocycles. The molecule has 0 atom stereocenters. The van der Waals surface area contributed by atoms with Gasteiger partial charge in [-0.1, -0.05) is 140 Å². The number of rotatable bonds is 3. The van der Waals surface area contributed by atoms with Crippen LogP contribution in [-0.4, -0.2) is 0 Å². The van der Waals surface area contributed by atoms with E-state index in [0.717, 1.165) is 49.8 Å². The molecule has 0 aliphatic carbocycles. The zero-order valence-electron chi connectivity index (χ0n) is 24.8. The fourth-order valence-corrected chi connectivity index (χ4v) is 7.47. The molecule has 0 N–H and O–H groups in total. The van der Waals surface area contributed by atoms with E-state index in [1.165, 1.54) is 49.0 Å². The van der Waals surface area contributed by atoms with Gasteiger partial charge in [0.05, 0.1) is 5.39 Å². The van der Waals surface area contributed by atoms with Gasteiger partial charge < -0.3 is 8.83 Å². The summed E-state index contributed by atoms with van der Waals surface area (Å²) in [7, 11) is 0. The van der Waals surface area contributed by atoms with Crippen molar-refractivity contribution in [3.05, 3.63) is 158 Å². The second-order valence-corrected chi connectivity index (χ2v) is 12.0. The Morgan fingerprint density at radius 1 is 0.348 bits per heavy atom. The Hall–Kier alpha value is -6.12. The Kier molecular flexibility index (Phi) is 5.31. The summed E-state index contributed by atoms with van der Waals surface area (Å²) in [6, 6.07) is 56.0. The van der Waals surface area contributed by atoms with Crippen molar-refractivity contribution >= 4 is 65.2 Å². The molecular weight excluding hydrogens is 560 g/mol. The first-order valence-electron chi connectivity index (χ1n) is 15.7. The monoisotopic (exact) mass is 586 g/mol. The van der Waals surface area contributed by atoms with Gasteiger partial charge in [-0.25, -0.2) is 0 Å². The van der Waals surface area contributed by atoms with Gasteiger partial charge in [0, 0.05) is 27.5 Å². The van der Waals surface area contributed by atoms with E-state index in [-0.39, 0.29) is 0 Å². The molecule has 214 valence electrons. The van der Waals surface area contributed by atoms with Crippen molar-refractivity contribution in [3.63, 3.8) is 0 Å². The minimum atomic E-state index is 0.824. The number of benzene rings is 8. The van der Waals surface area contributed by atoms with Gasteiger partial charge in [-0.3, -0.25) is 0 Å². The van der Waals surface area contributed by atoms with Crippen LogP contribution in [0.15, 0.2) is 167 Å². The normalized spacial score (nSPS) is 11.9. The average Bonchev–Trinajstić information content (AvgIpc) is 3.73. The number of fused-ring (bicyclic) bond motifs is 8. The minimum absolute atomic E-state index is 0.824. The maximum atomic E-state index is 6.77. The van der Waals surface area contributed by atoms with Gasteiger partial charge >= 0.3 is 0 Å². The molecule has 0 unspecified atom stereocenters. The van der Waals surface area contributed by atoms with Crippen molar-refractivity contribution in [1.82, 2.24) is 0 Å². The molecule has 10 rings (SSSR count). The summed E-state index contributed by atoms with van der Waals surface area (Å²) in [5, 5.41) is 10.5. The topological polar surface area (TPSA) is 26.3 Å². The van der Waals surface area contributed by atoms with E-state index in [0.29, 0.717) is 0 Å². The molecule has 0 aliphatic rings. The summed E-state index contributed by atoms with van der Waals surface area (Å²) in [5.74, 6) is 0.856. The van der Waals surface area contributed by atoms with Crippen LogP contribution in [0.2, 0.25) is 0 Å². The highest BCUT2D eigenvalue weighted by Crippen LogP contribution is 2.48. The Bertz CT molecular complexity index is 2740. The number of hydrogen-bond donors (Lipinski definition) is 0. The van der Waals surface area contributed by atoms with E-state index in [9.17, 15) is 0 Å². The van der Waals surface area contributed by atoms with Gasteiger partial charge in [0.2, 0.25) is 0 Å². The van der Waals surface area contributed by atoms with Crippen LogP contribution in [0.4, 0.5) is 0 Å². The van der Waals surface area contributed by atoms with Gasteiger partial charge in [-0.15, -0.1) is 0 Å². The summed E-state index contributed by atoms with van der Waals surface area (Å²) in [4.78, 5) is 0. The standard InChI is InChI=1S/C44H26O2/c1-2-13-28(14-3-1)39-26-29-24-25-38-42(43(29)46-39)37-23-11-22-36(44(37)45-38)41-34-19-8-6-17-32(34)40(33-18-7-9-20-35(33)41)31-21-10-15-27-12-4-5-16-30(27)31/h1-26H. The van der Waals surface area contributed by atoms with Crippen LogP contribution in [0, 0.1) is 0 Å². The van der Waals surface area contributed by atoms with Crippen LogP contribution in [-0.2, 0) is 0 Å². The zero-order chi connectivity index (χ0) is 30.2. The highest BCUT2D eigenvalue weighted by atomic mass is 16.3. The van der Waals surface area contributed by atoms with Crippen molar-refractivity contribution in [2.24, 2.45) is 0 Å². The highest BCUT2D eigenvalue weighted by molar-refractivity contribution is 6.27. The fraction of sp³-hybridized carbons (Fsp3) is 0. The fourth-order valence-electron chi connectivity index (χ4n) is 7.47. The van der Waals surface area contributed by atoms with Gasteiger partial charge in [0.25, 0.3) is 0 Å². The predicted octanol–water partition coefficient (Wildman–Crippen LogP) is 12.8. The summed E-state index contributed by atoms with van der Waals surface area (Å²) in [6.45, 7) is 0. The SMILES string of the molecule is c1ccc(-c2cc3ccc4oc5c(-c6c7ccccc7c(-c7cccc8ccccc78)c7ccccc67)cccc5c4c3o2)cc1. The van der Waals surface area contributed by atoms with E-state index in [4.69, 9.17) is 8.83 Å². The average molecular weight is 587 g/mol. The van der Waals surface area contributed by atoms with Crippen LogP contribution in [0.5, 0.6) is 0 Å². The summed E-state index contributed by atoms with van der Waals surface area (Å²) in [5.41, 5.74) is 8.37. The molecule has 46 heavy (non-hydrogen) atoms. The lowest BCUT2D eigenvalue weighted by Gasteiger charge is -2.18. The molecule has 2 nitrogen and oxygen atoms in total. The molecule has 0 aliphatic heterocycles. The quantitative estimate of drug-likeness (QED) is 0.193. The van der Waals surface area contributed by atoms with Crippen LogP contribution >= 0.6 is 0 Å². The van der Waals surface area contributed by atoms with Crippen molar-refractivity contribution in [3.8, 4) is 33.6 Å². The number of para-hydroxylation sites is 1. The smallest absolute Gasteiger partial charge is 0.146 e. The predicted molar refractivity (Wildman–Crippen MR) is 192 cm³/mol. The van der Waals surface area contributed by atoms with E-state index in [1.807, 2.05) is 18.2 Å². The molecule has 2 heterocycles. The van der Waals surface area contributed by atoms with Crippen molar-refractivity contribution in [2.75, 3.05) is 0 Å². The lowest BCUT2D eigenvalue weighted by molar-refractivity contribution is 0.633. The van der Waals surface area contributed by atoms with Gasteiger partial charge in [0.1, 0.15) is 22.5 Å². The number of hydrogen-bond acceptors (Lipinski definition) is 2. The summed E-state index contributed by atoms with van der Waals surface area (Å²) < 4.78 is 13.3. The zero-order valence-corrected chi connectivity index (χ0v) is 24.8. The van der Waals surface area contributed by atoms with Gasteiger partial charge in [0.15, 0.2) is 0 Å². The van der Waals surface area contributed by atoms with Crippen LogP contribution in [0.3, 0.4) is 0 Å². The molecule has 0 saturated carbocycles. The summed E-state index contributed by atoms with van der Waals surface area (Å²) >= 11 is 0. The Morgan fingerprint density at radius 2 is 0.913 bits per heavy atom. The lowest BCUT2D eigenvalue weighted by Crippen LogP contribution is -1.91. The molecule has 0 fully saturated rings. The lowest BCUT2D eigenvalue weighted by atomic mass is 9.84. The first kappa shape index (κ1) is 25.2. The van der Waals surface area contributed by atoms with Gasteiger partial charge in [-0.2, -0.15) is 0 Å². The Labute approximate surface area is 264 Å². The largest absolute Gasteiger partial charge is 0.455 e. The van der Waals surface area contributed by atoms with Crippen LogP contribution in [0.25, 0.3) is 98.8 Å². The third-order valence-electron chi connectivity index (χ3n) is 9.46. The molecule has 2 heteroatoms. The molecule has 0 amide bonds. The summed E-state index contributed by atoms with van der Waals surface area (Å²) in [6.07, 6.45) is 0. The van der Waals surface area contributed by atoms with Crippen LogP contribution < -0.4 is 0 Å². The first-order valence-corrected chi connectivity index (χ1v) is 15.7. The Morgan fingerprint density at radius 3 is 1.65 bits per heavy atom. The third kappa shape index (κ3) is 3.59. The molecule has 10 aromatic rings. The van der Waals surface area contributed by atoms with Crippen molar-refractivity contribution < 1.29 is 8.83 Å². The van der Waals surface area contributed by atoms with E-state index >= 15 is 0 Å². The molecule has 0 radical (unpaired) electrons. The van der Waals surface area contributed by atoms with E-state index in [1.54, 1.807) is 0 Å². The Balaban J connectivity index is 1.30. The first-order chi connectivity index (χ1) is 22.8. The van der Waals surface area contributed by atoms with E-state index < -0.39 is 0 Å². The molecule has 8 aromatic carbocycles. The van der Waals surface area contributed by atoms with Crippen molar-refractivity contribution in [1.29, 1.82) is 0 Å². The highest BCUT2D eigenvalue weighted by Gasteiger charge is 2.22. The van der Waals surface area contributed by atoms with Crippen molar-refractivity contribution in [2.45, 2.75) is 0 Å². The van der Waals surface area contributed by atoms with Gasteiger partial charge in [-0.05, 0) is 61.6 Å². The minimum Gasteiger partial charge on any atom is -0.455 e. The maximum absolute atomic E-state index is 6.77.